The highest BCUT2D eigenvalue weighted by atomic mass is 79.9. The van der Waals surface area contributed by atoms with Crippen LogP contribution in [0.15, 0.2) is 12.4 Å². The maximum Gasteiger partial charge on any atom is 0.126 e. The summed E-state index contributed by atoms with van der Waals surface area (Å²) in [5, 5.41) is 1.85. The minimum Gasteiger partial charge on any atom is -0.357 e. The first-order chi connectivity index (χ1) is 4.79. The Labute approximate surface area is 78.3 Å². The molecule has 0 aromatic heterocycles. The van der Waals surface area contributed by atoms with Crippen molar-refractivity contribution in [2.24, 2.45) is 0 Å². The summed E-state index contributed by atoms with van der Waals surface area (Å²) in [7, 11) is 3.73. The van der Waals surface area contributed by atoms with Crippen molar-refractivity contribution < 1.29 is 4.84 Å². The van der Waals surface area contributed by atoms with Crippen LogP contribution in [0.1, 0.15) is 13.3 Å². The molecule has 66 valence electrons. The lowest BCUT2D eigenvalue weighted by Crippen LogP contribution is -2.34. The summed E-state index contributed by atoms with van der Waals surface area (Å²) in [4.78, 5) is 7.22. The highest BCUT2D eigenvalue weighted by molar-refractivity contribution is 8.93. The van der Waals surface area contributed by atoms with E-state index in [1.165, 1.54) is 0 Å². The molecule has 1 atom stereocenters. The van der Waals surface area contributed by atoms with Gasteiger partial charge in [0.1, 0.15) is 6.17 Å². The Kier molecular flexibility index (Phi) is 4.52. The van der Waals surface area contributed by atoms with Crippen molar-refractivity contribution in [1.29, 1.82) is 0 Å². The van der Waals surface area contributed by atoms with Crippen molar-refractivity contribution in [3.8, 4) is 0 Å². The van der Waals surface area contributed by atoms with Gasteiger partial charge in [0.2, 0.25) is 0 Å². The molecule has 1 unspecified atom stereocenters. The molecule has 0 fully saturated rings. The van der Waals surface area contributed by atoms with Gasteiger partial charge in [-0.25, -0.2) is 5.06 Å². The predicted molar refractivity (Wildman–Crippen MR) is 50.2 cm³/mol. The van der Waals surface area contributed by atoms with Crippen LogP contribution in [0.4, 0.5) is 0 Å². The van der Waals surface area contributed by atoms with Crippen LogP contribution in [-0.4, -0.2) is 30.3 Å². The van der Waals surface area contributed by atoms with Crippen LogP contribution in [0, 0.1) is 0 Å². The van der Waals surface area contributed by atoms with Crippen molar-refractivity contribution in [1.82, 2.24) is 9.96 Å². The lowest BCUT2D eigenvalue weighted by Gasteiger charge is -2.26. The maximum absolute atomic E-state index is 5.09. The second-order valence-corrected chi connectivity index (χ2v) is 2.39. The predicted octanol–water partition coefficient (Wildman–Crippen LogP) is 1.58. The number of halogens is 1. The highest BCUT2D eigenvalue weighted by Gasteiger charge is 2.20. The zero-order valence-electron chi connectivity index (χ0n) is 7.15. The number of rotatable bonds is 2. The smallest absolute Gasteiger partial charge is 0.126 e. The number of nitrogens with zero attached hydrogens (tertiary/aromatic N) is 2. The third kappa shape index (κ3) is 2.10. The van der Waals surface area contributed by atoms with E-state index in [1.807, 2.05) is 24.5 Å². The van der Waals surface area contributed by atoms with E-state index in [1.54, 1.807) is 7.11 Å². The summed E-state index contributed by atoms with van der Waals surface area (Å²) in [6, 6.07) is 0. The van der Waals surface area contributed by atoms with E-state index < -0.39 is 0 Å². The van der Waals surface area contributed by atoms with Gasteiger partial charge < -0.3 is 4.90 Å². The van der Waals surface area contributed by atoms with Crippen LogP contribution in [0.25, 0.3) is 0 Å². The van der Waals surface area contributed by atoms with Crippen LogP contribution >= 0.6 is 17.0 Å². The molecule has 0 amide bonds. The van der Waals surface area contributed by atoms with E-state index in [0.29, 0.717) is 6.17 Å². The first-order valence-corrected chi connectivity index (χ1v) is 3.52. The summed E-state index contributed by atoms with van der Waals surface area (Å²) in [6.45, 7) is 2.14. The average molecular weight is 223 g/mol. The van der Waals surface area contributed by atoms with Gasteiger partial charge in [0.05, 0.1) is 7.11 Å². The van der Waals surface area contributed by atoms with Gasteiger partial charge in [-0.3, -0.25) is 4.84 Å². The molecule has 1 rings (SSSR count). The van der Waals surface area contributed by atoms with Gasteiger partial charge >= 0.3 is 0 Å². The summed E-state index contributed by atoms with van der Waals surface area (Å²) in [6.07, 6.45) is 5.40. The van der Waals surface area contributed by atoms with Crippen LogP contribution in [0.2, 0.25) is 0 Å². The zero-order valence-corrected chi connectivity index (χ0v) is 8.86. The third-order valence-electron chi connectivity index (χ3n) is 1.79. The van der Waals surface area contributed by atoms with Crippen LogP contribution in [-0.2, 0) is 4.84 Å². The number of hydrogen-bond donors (Lipinski definition) is 0. The molecule has 1 aliphatic heterocycles. The van der Waals surface area contributed by atoms with Crippen LogP contribution in [0.5, 0.6) is 0 Å². The van der Waals surface area contributed by atoms with Crippen molar-refractivity contribution in [3.05, 3.63) is 12.4 Å². The lowest BCUT2D eigenvalue weighted by molar-refractivity contribution is -0.136. The highest BCUT2D eigenvalue weighted by Crippen LogP contribution is 2.15. The lowest BCUT2D eigenvalue weighted by atomic mass is 10.4. The quantitative estimate of drug-likeness (QED) is 0.706. The fourth-order valence-electron chi connectivity index (χ4n) is 1.20. The molecule has 3 nitrogen and oxygen atoms in total. The second-order valence-electron chi connectivity index (χ2n) is 2.39. The van der Waals surface area contributed by atoms with E-state index in [9.17, 15) is 0 Å². The van der Waals surface area contributed by atoms with Gasteiger partial charge in [-0.2, -0.15) is 0 Å². The van der Waals surface area contributed by atoms with E-state index in [-0.39, 0.29) is 17.0 Å². The SMILES string of the molecule is Br.CCC1N(C)C=CN1OC. The Morgan fingerprint density at radius 3 is 2.45 bits per heavy atom. The number of hydroxylamine groups is 2. The second kappa shape index (κ2) is 4.62. The fraction of sp³-hybridized carbons (Fsp3) is 0.714. The summed E-state index contributed by atoms with van der Waals surface area (Å²) >= 11 is 0. The maximum atomic E-state index is 5.09. The van der Waals surface area contributed by atoms with Gasteiger partial charge in [0.25, 0.3) is 0 Å². The van der Waals surface area contributed by atoms with E-state index in [4.69, 9.17) is 4.84 Å². The molecule has 0 saturated heterocycles. The monoisotopic (exact) mass is 222 g/mol. The van der Waals surface area contributed by atoms with Crippen molar-refractivity contribution in [2.45, 2.75) is 19.5 Å². The molecule has 0 aromatic carbocycles. The van der Waals surface area contributed by atoms with Gasteiger partial charge in [0, 0.05) is 19.4 Å². The largest absolute Gasteiger partial charge is 0.357 e. The van der Waals surface area contributed by atoms with Crippen molar-refractivity contribution in [3.63, 3.8) is 0 Å². The van der Waals surface area contributed by atoms with E-state index in [0.717, 1.165) is 6.42 Å². The Bertz CT molecular complexity index is 140. The van der Waals surface area contributed by atoms with Gasteiger partial charge in [-0.1, -0.05) is 6.92 Å². The Morgan fingerprint density at radius 1 is 1.45 bits per heavy atom. The Morgan fingerprint density at radius 2 is 2.09 bits per heavy atom. The molecule has 4 heteroatoms. The molecule has 11 heavy (non-hydrogen) atoms. The topological polar surface area (TPSA) is 15.7 Å². The third-order valence-corrected chi connectivity index (χ3v) is 1.79. The summed E-state index contributed by atoms with van der Waals surface area (Å²) in [5.41, 5.74) is 0. The van der Waals surface area contributed by atoms with Crippen molar-refractivity contribution in [2.75, 3.05) is 14.2 Å². The minimum absolute atomic E-state index is 0. The molecule has 0 aromatic rings. The van der Waals surface area contributed by atoms with Crippen LogP contribution in [0.3, 0.4) is 0 Å². The van der Waals surface area contributed by atoms with Crippen LogP contribution < -0.4 is 0 Å². The first kappa shape index (κ1) is 10.8. The summed E-state index contributed by atoms with van der Waals surface area (Å²) < 4.78 is 0. The van der Waals surface area contributed by atoms with E-state index >= 15 is 0 Å². The Balaban J connectivity index is 0.000001000. The summed E-state index contributed by atoms with van der Waals surface area (Å²) in [5.74, 6) is 0. The molecular weight excluding hydrogens is 208 g/mol. The van der Waals surface area contributed by atoms with E-state index in [2.05, 4.69) is 11.8 Å². The normalized spacial score (nSPS) is 22.3. The molecule has 0 bridgehead atoms. The number of hydrogen-bond acceptors (Lipinski definition) is 3. The molecule has 0 spiro atoms. The van der Waals surface area contributed by atoms with Crippen molar-refractivity contribution >= 4 is 17.0 Å². The minimum atomic E-state index is 0. The molecular formula is C7H15BrN2O. The molecule has 0 saturated carbocycles. The van der Waals surface area contributed by atoms with Gasteiger partial charge in [-0.05, 0) is 6.42 Å². The fourth-order valence-corrected chi connectivity index (χ4v) is 1.20. The van der Waals surface area contributed by atoms with Gasteiger partial charge in [0.15, 0.2) is 0 Å². The molecule has 1 heterocycles. The molecule has 0 radical (unpaired) electrons. The molecule has 0 N–H and O–H groups in total. The zero-order chi connectivity index (χ0) is 7.56. The Hall–Kier alpha value is -0.220. The molecule has 1 aliphatic rings. The average Bonchev–Trinajstić information content (AvgIpc) is 2.30. The van der Waals surface area contributed by atoms with Gasteiger partial charge in [-0.15, -0.1) is 17.0 Å². The first-order valence-electron chi connectivity index (χ1n) is 3.52. The molecule has 0 aliphatic carbocycles. The standard InChI is InChI=1S/C7H14N2O.BrH/c1-4-7-8(2)5-6-9(7)10-3;/h5-7H,4H2,1-3H3;1H.